The number of benzene rings is 1. The maximum absolute atomic E-state index is 13.8. The molecule has 0 aliphatic carbocycles. The van der Waals surface area contributed by atoms with Crippen molar-refractivity contribution in [2.45, 2.75) is 38.9 Å². The van der Waals surface area contributed by atoms with E-state index >= 15 is 0 Å². The first-order valence-corrected chi connectivity index (χ1v) is 7.05. The molecule has 1 saturated heterocycles. The highest BCUT2D eigenvalue weighted by atomic mass is 19.1. The van der Waals surface area contributed by atoms with Crippen molar-refractivity contribution in [1.82, 2.24) is 0 Å². The summed E-state index contributed by atoms with van der Waals surface area (Å²) in [6.07, 6.45) is 2.29. The highest BCUT2D eigenvalue weighted by molar-refractivity contribution is 5.69. The molecule has 1 unspecified atom stereocenters. The minimum atomic E-state index is -0.425. The number of nitrogens with two attached hydrogens (primary N) is 1. The number of ether oxygens (including phenoxy) is 2. The van der Waals surface area contributed by atoms with E-state index in [9.17, 15) is 4.39 Å². The van der Waals surface area contributed by atoms with Crippen LogP contribution < -0.4 is 15.4 Å². The fraction of sp³-hybridized carbons (Fsp3) is 0.600. The van der Waals surface area contributed by atoms with Crippen LogP contribution in [0, 0.1) is 5.82 Å². The first-order chi connectivity index (χ1) is 9.47. The molecule has 0 radical (unpaired) electrons. The predicted octanol–water partition coefficient (Wildman–Crippen LogP) is 2.81. The Bertz CT molecular complexity index is 459. The summed E-state index contributed by atoms with van der Waals surface area (Å²) in [6.45, 7) is 5.30. The van der Waals surface area contributed by atoms with E-state index in [0.29, 0.717) is 5.69 Å². The Hall–Kier alpha value is -1.49. The molecule has 1 heterocycles. The number of halogens is 1. The maximum Gasteiger partial charge on any atom is 0.167 e. The normalized spacial score (nSPS) is 18.6. The van der Waals surface area contributed by atoms with Gasteiger partial charge in [-0.05, 0) is 26.7 Å². The Morgan fingerprint density at radius 2 is 2.25 bits per heavy atom. The molecule has 1 aliphatic heterocycles. The van der Waals surface area contributed by atoms with Crippen molar-refractivity contribution in [2.75, 3.05) is 30.8 Å². The fourth-order valence-corrected chi connectivity index (χ4v) is 2.43. The van der Waals surface area contributed by atoms with Crippen LogP contribution >= 0.6 is 0 Å². The second-order valence-corrected chi connectivity index (χ2v) is 5.52. The van der Waals surface area contributed by atoms with Gasteiger partial charge in [0.15, 0.2) is 11.6 Å². The molecule has 4 nitrogen and oxygen atoms in total. The smallest absolute Gasteiger partial charge is 0.167 e. The van der Waals surface area contributed by atoms with Crippen molar-refractivity contribution in [1.29, 1.82) is 0 Å². The standard InChI is InChI=1S/C15H23FN2O2/c1-10(2)20-15-8-14(13(17)7-12(15)16)18(3)9-11-5-4-6-19-11/h7-8,10-11H,4-6,9,17H2,1-3H3. The summed E-state index contributed by atoms with van der Waals surface area (Å²) in [6, 6.07) is 2.98. The zero-order chi connectivity index (χ0) is 14.7. The van der Waals surface area contributed by atoms with Gasteiger partial charge < -0.3 is 20.1 Å². The molecule has 20 heavy (non-hydrogen) atoms. The van der Waals surface area contributed by atoms with Crippen molar-refractivity contribution in [2.24, 2.45) is 0 Å². The Morgan fingerprint density at radius 3 is 2.85 bits per heavy atom. The Balaban J connectivity index is 2.16. The molecule has 1 aromatic rings. The molecule has 0 aromatic heterocycles. The van der Waals surface area contributed by atoms with Gasteiger partial charge in [0, 0.05) is 32.3 Å². The monoisotopic (exact) mass is 282 g/mol. The Kier molecular flexibility index (Phi) is 4.70. The van der Waals surface area contributed by atoms with Crippen LogP contribution in [0.1, 0.15) is 26.7 Å². The minimum absolute atomic E-state index is 0.0792. The Morgan fingerprint density at radius 1 is 1.50 bits per heavy atom. The lowest BCUT2D eigenvalue weighted by Gasteiger charge is -2.25. The molecular formula is C15H23FN2O2. The lowest BCUT2D eigenvalue weighted by molar-refractivity contribution is 0.116. The molecule has 2 N–H and O–H groups in total. The van der Waals surface area contributed by atoms with Gasteiger partial charge in [-0.2, -0.15) is 0 Å². The topological polar surface area (TPSA) is 47.7 Å². The zero-order valence-electron chi connectivity index (χ0n) is 12.4. The van der Waals surface area contributed by atoms with Crippen LogP contribution in [-0.2, 0) is 4.74 Å². The van der Waals surface area contributed by atoms with Gasteiger partial charge in [0.2, 0.25) is 0 Å². The second-order valence-electron chi connectivity index (χ2n) is 5.52. The first kappa shape index (κ1) is 14.9. The summed E-state index contributed by atoms with van der Waals surface area (Å²) in [5, 5.41) is 0. The molecule has 0 amide bonds. The second kappa shape index (κ2) is 6.31. The van der Waals surface area contributed by atoms with Crippen LogP contribution in [-0.4, -0.2) is 32.4 Å². The highest BCUT2D eigenvalue weighted by Crippen LogP contribution is 2.31. The third-order valence-electron chi connectivity index (χ3n) is 3.36. The molecule has 0 spiro atoms. The largest absolute Gasteiger partial charge is 0.488 e. The third kappa shape index (κ3) is 3.54. The molecule has 112 valence electrons. The zero-order valence-corrected chi connectivity index (χ0v) is 12.4. The van der Waals surface area contributed by atoms with Crippen molar-refractivity contribution >= 4 is 11.4 Å². The van der Waals surface area contributed by atoms with Crippen LogP contribution in [0.15, 0.2) is 12.1 Å². The van der Waals surface area contributed by atoms with Gasteiger partial charge in [-0.3, -0.25) is 0 Å². The lowest BCUT2D eigenvalue weighted by Crippen LogP contribution is -2.29. The van der Waals surface area contributed by atoms with E-state index in [4.69, 9.17) is 15.2 Å². The molecule has 1 fully saturated rings. The number of nitrogen functional groups attached to an aromatic ring is 1. The first-order valence-electron chi connectivity index (χ1n) is 7.05. The van der Waals surface area contributed by atoms with Crippen molar-refractivity contribution in [3.63, 3.8) is 0 Å². The van der Waals surface area contributed by atoms with Crippen LogP contribution in [0.4, 0.5) is 15.8 Å². The number of hydrogen-bond donors (Lipinski definition) is 1. The molecule has 5 heteroatoms. The van der Waals surface area contributed by atoms with Gasteiger partial charge in [0.05, 0.1) is 23.6 Å². The van der Waals surface area contributed by atoms with Gasteiger partial charge in [-0.25, -0.2) is 4.39 Å². The van der Waals surface area contributed by atoms with Gasteiger partial charge in [-0.15, -0.1) is 0 Å². The Labute approximate surface area is 119 Å². The van der Waals surface area contributed by atoms with Crippen molar-refractivity contribution < 1.29 is 13.9 Å². The van der Waals surface area contributed by atoms with Gasteiger partial charge >= 0.3 is 0 Å². The molecular weight excluding hydrogens is 259 g/mol. The fourth-order valence-electron chi connectivity index (χ4n) is 2.43. The van der Waals surface area contributed by atoms with Gasteiger partial charge in [0.25, 0.3) is 0 Å². The predicted molar refractivity (Wildman–Crippen MR) is 78.8 cm³/mol. The maximum atomic E-state index is 13.8. The summed E-state index contributed by atoms with van der Waals surface area (Å²) < 4.78 is 24.9. The van der Waals surface area contributed by atoms with E-state index < -0.39 is 5.82 Å². The quantitative estimate of drug-likeness (QED) is 0.844. The van der Waals surface area contributed by atoms with Gasteiger partial charge in [-0.1, -0.05) is 0 Å². The summed E-state index contributed by atoms with van der Waals surface area (Å²) in [5.41, 5.74) is 7.11. The average Bonchev–Trinajstić information content (AvgIpc) is 2.84. The van der Waals surface area contributed by atoms with E-state index in [1.165, 1.54) is 6.07 Å². The van der Waals surface area contributed by atoms with Crippen LogP contribution in [0.5, 0.6) is 5.75 Å². The van der Waals surface area contributed by atoms with Crippen LogP contribution in [0.2, 0.25) is 0 Å². The molecule has 1 aliphatic rings. The summed E-state index contributed by atoms with van der Waals surface area (Å²) in [4.78, 5) is 2.00. The van der Waals surface area contributed by atoms with E-state index in [2.05, 4.69) is 0 Å². The van der Waals surface area contributed by atoms with E-state index in [1.807, 2.05) is 25.8 Å². The molecule has 1 atom stereocenters. The number of anilines is 2. The average molecular weight is 282 g/mol. The van der Waals surface area contributed by atoms with Crippen molar-refractivity contribution in [3.8, 4) is 5.75 Å². The van der Waals surface area contributed by atoms with Gasteiger partial charge in [0.1, 0.15) is 0 Å². The summed E-state index contributed by atoms with van der Waals surface area (Å²) >= 11 is 0. The van der Waals surface area contributed by atoms with E-state index in [0.717, 1.165) is 31.7 Å². The number of nitrogens with zero attached hydrogens (tertiary/aromatic N) is 1. The molecule has 0 bridgehead atoms. The molecule has 1 aromatic carbocycles. The van der Waals surface area contributed by atoms with Crippen molar-refractivity contribution in [3.05, 3.63) is 17.9 Å². The number of rotatable bonds is 5. The SMILES string of the molecule is CC(C)Oc1cc(N(C)CC2CCCO2)c(N)cc1F. The molecule has 2 rings (SSSR count). The summed E-state index contributed by atoms with van der Waals surface area (Å²) in [5.74, 6) is -0.186. The van der Waals surface area contributed by atoms with E-state index in [1.54, 1.807) is 6.07 Å². The van der Waals surface area contributed by atoms with E-state index in [-0.39, 0.29) is 18.0 Å². The third-order valence-corrected chi connectivity index (χ3v) is 3.36. The lowest BCUT2D eigenvalue weighted by atomic mass is 10.2. The minimum Gasteiger partial charge on any atom is -0.488 e. The van der Waals surface area contributed by atoms with Crippen LogP contribution in [0.3, 0.4) is 0 Å². The molecule has 0 saturated carbocycles. The summed E-state index contributed by atoms with van der Waals surface area (Å²) in [7, 11) is 1.93. The number of likely N-dealkylation sites (N-methyl/N-ethyl adjacent to an activating group) is 1. The highest BCUT2D eigenvalue weighted by Gasteiger charge is 2.20. The van der Waals surface area contributed by atoms with Crippen LogP contribution in [0.25, 0.3) is 0 Å². The number of hydrogen-bond acceptors (Lipinski definition) is 4.